The lowest BCUT2D eigenvalue weighted by Crippen LogP contribution is -2.41. The molecule has 1 fully saturated rings. The molecule has 1 amide bonds. The molecule has 0 aliphatic carbocycles. The van der Waals surface area contributed by atoms with Gasteiger partial charge in [-0.25, -0.2) is 0 Å². The van der Waals surface area contributed by atoms with E-state index in [0.717, 1.165) is 25.1 Å². The van der Waals surface area contributed by atoms with Crippen molar-refractivity contribution in [1.29, 1.82) is 0 Å². The van der Waals surface area contributed by atoms with E-state index in [-0.39, 0.29) is 24.3 Å². The molecule has 1 aliphatic heterocycles. The standard InChI is InChI=1S/C13H20N2O3/c1-9(2)12-6-11(14-18-12)13(17)15-5-3-4-10(7-15)8-16/h6,9-10,16H,3-5,7-8H2,1-2H3. The maximum Gasteiger partial charge on any atom is 0.276 e. The van der Waals surface area contributed by atoms with Crippen molar-refractivity contribution in [2.45, 2.75) is 32.6 Å². The summed E-state index contributed by atoms with van der Waals surface area (Å²) in [6.07, 6.45) is 1.92. The first-order valence-corrected chi connectivity index (χ1v) is 6.48. The van der Waals surface area contributed by atoms with Gasteiger partial charge in [-0.15, -0.1) is 0 Å². The van der Waals surface area contributed by atoms with Crippen molar-refractivity contribution in [1.82, 2.24) is 10.1 Å². The highest BCUT2D eigenvalue weighted by Crippen LogP contribution is 2.20. The van der Waals surface area contributed by atoms with Crippen LogP contribution >= 0.6 is 0 Å². The smallest absolute Gasteiger partial charge is 0.276 e. The molecule has 1 aromatic heterocycles. The molecule has 1 N–H and O–H groups in total. The second-order valence-corrected chi connectivity index (χ2v) is 5.21. The highest BCUT2D eigenvalue weighted by atomic mass is 16.5. The lowest BCUT2D eigenvalue weighted by Gasteiger charge is -2.31. The molecule has 2 heterocycles. The molecule has 1 saturated heterocycles. The predicted molar refractivity (Wildman–Crippen MR) is 66.3 cm³/mol. The molecule has 100 valence electrons. The predicted octanol–water partition coefficient (Wildman–Crippen LogP) is 1.64. The van der Waals surface area contributed by atoms with E-state index in [0.29, 0.717) is 12.2 Å². The Kier molecular flexibility index (Phi) is 4.01. The summed E-state index contributed by atoms with van der Waals surface area (Å²) in [7, 11) is 0. The molecule has 0 aromatic carbocycles. The number of amides is 1. The Bertz CT molecular complexity index is 414. The molecule has 0 spiro atoms. The molecule has 1 atom stereocenters. The normalized spacial score (nSPS) is 20.4. The average molecular weight is 252 g/mol. The maximum atomic E-state index is 12.2. The third-order valence-electron chi connectivity index (χ3n) is 3.38. The van der Waals surface area contributed by atoms with Gasteiger partial charge in [-0.1, -0.05) is 19.0 Å². The van der Waals surface area contributed by atoms with Gasteiger partial charge in [0.2, 0.25) is 0 Å². The number of aliphatic hydroxyl groups is 1. The number of aliphatic hydroxyl groups excluding tert-OH is 1. The van der Waals surface area contributed by atoms with Crippen molar-refractivity contribution >= 4 is 5.91 Å². The summed E-state index contributed by atoms with van der Waals surface area (Å²) in [5.41, 5.74) is 0.372. The number of likely N-dealkylation sites (tertiary alicyclic amines) is 1. The number of carbonyl (C=O) groups is 1. The van der Waals surface area contributed by atoms with E-state index in [1.54, 1.807) is 11.0 Å². The molecule has 1 aromatic rings. The molecule has 0 bridgehead atoms. The van der Waals surface area contributed by atoms with Crippen LogP contribution in [0.25, 0.3) is 0 Å². The van der Waals surface area contributed by atoms with E-state index >= 15 is 0 Å². The minimum absolute atomic E-state index is 0.0937. The first kappa shape index (κ1) is 13.1. The Balaban J connectivity index is 2.05. The Morgan fingerprint density at radius 1 is 1.67 bits per heavy atom. The zero-order valence-corrected chi connectivity index (χ0v) is 10.9. The molecule has 1 aliphatic rings. The van der Waals surface area contributed by atoms with E-state index in [2.05, 4.69) is 5.16 Å². The van der Waals surface area contributed by atoms with Crippen LogP contribution in [0.3, 0.4) is 0 Å². The minimum atomic E-state index is -0.0937. The van der Waals surface area contributed by atoms with Crippen molar-refractivity contribution in [3.05, 3.63) is 17.5 Å². The van der Waals surface area contributed by atoms with E-state index in [1.165, 1.54) is 0 Å². The maximum absolute atomic E-state index is 12.2. The van der Waals surface area contributed by atoms with Crippen molar-refractivity contribution in [2.75, 3.05) is 19.7 Å². The van der Waals surface area contributed by atoms with Gasteiger partial charge in [0.05, 0.1) is 0 Å². The van der Waals surface area contributed by atoms with E-state index in [4.69, 9.17) is 9.63 Å². The Morgan fingerprint density at radius 3 is 3.06 bits per heavy atom. The summed E-state index contributed by atoms with van der Waals surface area (Å²) in [6, 6.07) is 1.72. The van der Waals surface area contributed by atoms with Gasteiger partial charge in [-0.2, -0.15) is 0 Å². The molecule has 18 heavy (non-hydrogen) atoms. The number of carbonyl (C=O) groups excluding carboxylic acids is 1. The molecule has 1 unspecified atom stereocenters. The highest BCUT2D eigenvalue weighted by molar-refractivity contribution is 5.92. The van der Waals surface area contributed by atoms with Gasteiger partial charge in [-0.3, -0.25) is 4.79 Å². The molecule has 0 saturated carbocycles. The lowest BCUT2D eigenvalue weighted by atomic mass is 9.99. The SMILES string of the molecule is CC(C)c1cc(C(=O)N2CCCC(CO)C2)no1. The Labute approximate surface area is 107 Å². The van der Waals surface area contributed by atoms with E-state index in [1.807, 2.05) is 13.8 Å². The van der Waals surface area contributed by atoms with Crippen LogP contribution in [0.4, 0.5) is 0 Å². The van der Waals surface area contributed by atoms with Gasteiger partial charge in [0.1, 0.15) is 5.76 Å². The van der Waals surface area contributed by atoms with Gasteiger partial charge in [0.15, 0.2) is 5.69 Å². The second kappa shape index (κ2) is 5.52. The zero-order valence-electron chi connectivity index (χ0n) is 10.9. The number of hydrogen-bond donors (Lipinski definition) is 1. The van der Waals surface area contributed by atoms with Crippen LogP contribution in [0, 0.1) is 5.92 Å². The van der Waals surface area contributed by atoms with Crippen LogP contribution in [0.1, 0.15) is 48.9 Å². The first-order chi connectivity index (χ1) is 8.61. The van der Waals surface area contributed by atoms with Crippen molar-refractivity contribution < 1.29 is 14.4 Å². The lowest BCUT2D eigenvalue weighted by molar-refractivity contribution is 0.0610. The van der Waals surface area contributed by atoms with Gasteiger partial charge in [0, 0.05) is 31.7 Å². The summed E-state index contributed by atoms with van der Waals surface area (Å²) in [5, 5.41) is 13.0. The summed E-state index contributed by atoms with van der Waals surface area (Å²) >= 11 is 0. The first-order valence-electron chi connectivity index (χ1n) is 6.48. The fourth-order valence-electron chi connectivity index (χ4n) is 2.22. The number of nitrogens with zero attached hydrogens (tertiary/aromatic N) is 2. The van der Waals surface area contributed by atoms with Crippen molar-refractivity contribution in [3.63, 3.8) is 0 Å². The van der Waals surface area contributed by atoms with Crippen LogP contribution in [0.2, 0.25) is 0 Å². The van der Waals surface area contributed by atoms with Crippen molar-refractivity contribution in [3.8, 4) is 0 Å². The fourth-order valence-corrected chi connectivity index (χ4v) is 2.22. The van der Waals surface area contributed by atoms with Gasteiger partial charge < -0.3 is 14.5 Å². The van der Waals surface area contributed by atoms with E-state index < -0.39 is 0 Å². The summed E-state index contributed by atoms with van der Waals surface area (Å²) in [6.45, 7) is 5.48. The quantitative estimate of drug-likeness (QED) is 0.888. The fraction of sp³-hybridized carbons (Fsp3) is 0.692. The molecule has 5 nitrogen and oxygen atoms in total. The van der Waals surface area contributed by atoms with Gasteiger partial charge in [-0.05, 0) is 18.8 Å². The second-order valence-electron chi connectivity index (χ2n) is 5.21. The number of hydrogen-bond acceptors (Lipinski definition) is 4. The third kappa shape index (κ3) is 2.72. The van der Waals surface area contributed by atoms with Gasteiger partial charge in [0.25, 0.3) is 5.91 Å². The number of piperidine rings is 1. The molecule has 2 rings (SSSR count). The highest BCUT2D eigenvalue weighted by Gasteiger charge is 2.26. The molecule has 0 radical (unpaired) electrons. The van der Waals surface area contributed by atoms with E-state index in [9.17, 15) is 4.79 Å². The van der Waals surface area contributed by atoms with Crippen LogP contribution in [-0.2, 0) is 0 Å². The van der Waals surface area contributed by atoms with Crippen LogP contribution in [0.5, 0.6) is 0 Å². The third-order valence-corrected chi connectivity index (χ3v) is 3.38. The molecular weight excluding hydrogens is 232 g/mol. The summed E-state index contributed by atoms with van der Waals surface area (Å²) in [5.74, 6) is 1.06. The number of rotatable bonds is 3. The topological polar surface area (TPSA) is 66.6 Å². The monoisotopic (exact) mass is 252 g/mol. The minimum Gasteiger partial charge on any atom is -0.396 e. The van der Waals surface area contributed by atoms with Crippen molar-refractivity contribution in [2.24, 2.45) is 5.92 Å². The van der Waals surface area contributed by atoms with Crippen LogP contribution in [-0.4, -0.2) is 40.8 Å². The summed E-state index contributed by atoms with van der Waals surface area (Å²) < 4.78 is 5.14. The largest absolute Gasteiger partial charge is 0.396 e. The molecular formula is C13H20N2O3. The summed E-state index contributed by atoms with van der Waals surface area (Å²) in [4.78, 5) is 14.0. The zero-order chi connectivity index (χ0) is 13.1. The van der Waals surface area contributed by atoms with Crippen LogP contribution < -0.4 is 0 Å². The Morgan fingerprint density at radius 2 is 2.44 bits per heavy atom. The van der Waals surface area contributed by atoms with Gasteiger partial charge >= 0.3 is 0 Å². The molecule has 5 heteroatoms. The van der Waals surface area contributed by atoms with Crippen LogP contribution in [0.15, 0.2) is 10.6 Å². The average Bonchev–Trinajstić information content (AvgIpc) is 2.87. The Hall–Kier alpha value is -1.36. The number of aromatic nitrogens is 1.